The van der Waals surface area contributed by atoms with Crippen LogP contribution in [0.1, 0.15) is 59.4 Å². The zero-order valence-electron chi connectivity index (χ0n) is 20.8. The van der Waals surface area contributed by atoms with Gasteiger partial charge in [0.1, 0.15) is 5.76 Å². The summed E-state index contributed by atoms with van der Waals surface area (Å²) >= 11 is 6.32. The minimum absolute atomic E-state index is 0.125. The maximum atomic E-state index is 14.3. The fourth-order valence-electron chi connectivity index (χ4n) is 4.20. The van der Waals surface area contributed by atoms with E-state index in [1.165, 1.54) is 12.3 Å². The first-order chi connectivity index (χ1) is 16.2. The van der Waals surface area contributed by atoms with E-state index >= 15 is 0 Å². The van der Waals surface area contributed by atoms with E-state index in [-0.39, 0.29) is 5.70 Å². The Morgan fingerprint density at radius 3 is 2.46 bits per heavy atom. The van der Waals surface area contributed by atoms with Crippen molar-refractivity contribution in [3.05, 3.63) is 63.7 Å². The lowest BCUT2D eigenvalue weighted by Gasteiger charge is -2.39. The molecule has 1 aliphatic carbocycles. The van der Waals surface area contributed by atoms with Crippen LogP contribution in [0.2, 0.25) is 0 Å². The maximum Gasteiger partial charge on any atom is 0.417 e. The Kier molecular flexibility index (Phi) is 9.48. The van der Waals surface area contributed by atoms with Crippen LogP contribution in [0.5, 0.6) is 5.88 Å². The van der Waals surface area contributed by atoms with Crippen LogP contribution in [0.3, 0.4) is 0 Å². The Hall–Kier alpha value is -2.45. The van der Waals surface area contributed by atoms with Crippen molar-refractivity contribution in [2.24, 2.45) is 11.1 Å². The van der Waals surface area contributed by atoms with Crippen molar-refractivity contribution in [1.29, 1.82) is 0 Å². The highest BCUT2D eigenvalue weighted by Gasteiger charge is 2.56. The second kappa shape index (κ2) is 11.5. The summed E-state index contributed by atoms with van der Waals surface area (Å²) in [6, 6.07) is 3.17. The Labute approximate surface area is 210 Å². The smallest absolute Gasteiger partial charge is 0.417 e. The lowest BCUT2D eigenvalue weighted by molar-refractivity contribution is -0.267. The second-order valence-corrected chi connectivity index (χ2v) is 9.75. The highest BCUT2D eigenvalue weighted by Crippen LogP contribution is 2.48. The highest BCUT2D eigenvalue weighted by molar-refractivity contribution is 6.31. The molecule has 0 amide bonds. The van der Waals surface area contributed by atoms with E-state index in [1.54, 1.807) is 52.0 Å². The molecular formula is C26H34ClF3N2O3. The summed E-state index contributed by atoms with van der Waals surface area (Å²) in [6.07, 6.45) is 0.253. The minimum atomic E-state index is -4.93. The number of aromatic nitrogens is 1. The zero-order chi connectivity index (χ0) is 26.4. The molecule has 1 atom stereocenters. The molecule has 1 heterocycles. The molecule has 194 valence electrons. The molecule has 1 aromatic rings. The van der Waals surface area contributed by atoms with Gasteiger partial charge in [-0.15, -0.1) is 0 Å². The molecule has 35 heavy (non-hydrogen) atoms. The van der Waals surface area contributed by atoms with Crippen molar-refractivity contribution in [2.45, 2.75) is 65.7 Å². The van der Waals surface area contributed by atoms with Gasteiger partial charge in [0.2, 0.25) is 5.88 Å². The molecule has 0 bridgehead atoms. The molecule has 0 radical (unpaired) electrons. The van der Waals surface area contributed by atoms with E-state index in [9.17, 15) is 18.3 Å². The number of hydrogen-bond donors (Lipinski definition) is 2. The third-order valence-corrected chi connectivity index (χ3v) is 5.83. The van der Waals surface area contributed by atoms with Crippen molar-refractivity contribution >= 4 is 17.7 Å². The van der Waals surface area contributed by atoms with Crippen LogP contribution in [0.15, 0.2) is 58.1 Å². The SMILES string of the molecule is CCOC1=C(C(C)(C)CC(O)(C/C(N)=C/c2ccnc(OCC)c2)C(F)(F)F)C=C(Cl)C=C(C)C1. The summed E-state index contributed by atoms with van der Waals surface area (Å²) in [6.45, 7) is 9.49. The second-order valence-electron chi connectivity index (χ2n) is 9.31. The van der Waals surface area contributed by atoms with Crippen LogP contribution in [-0.4, -0.2) is 35.1 Å². The maximum absolute atomic E-state index is 14.3. The first-order valence-corrected chi connectivity index (χ1v) is 11.8. The van der Waals surface area contributed by atoms with Gasteiger partial charge in [-0.25, -0.2) is 4.98 Å². The predicted octanol–water partition coefficient (Wildman–Crippen LogP) is 6.64. The van der Waals surface area contributed by atoms with Crippen LogP contribution in [0.4, 0.5) is 13.2 Å². The normalized spacial score (nSPS) is 17.4. The van der Waals surface area contributed by atoms with Crippen LogP contribution in [0, 0.1) is 5.41 Å². The van der Waals surface area contributed by atoms with E-state index < -0.39 is 30.0 Å². The summed E-state index contributed by atoms with van der Waals surface area (Å²) in [4.78, 5) is 4.03. The van der Waals surface area contributed by atoms with E-state index in [4.69, 9.17) is 26.8 Å². The number of halogens is 4. The number of allylic oxidation sites excluding steroid dienone is 5. The molecule has 1 unspecified atom stereocenters. The van der Waals surface area contributed by atoms with Gasteiger partial charge in [0.25, 0.3) is 0 Å². The lowest BCUT2D eigenvalue weighted by atomic mass is 9.72. The Morgan fingerprint density at radius 1 is 1.20 bits per heavy atom. The van der Waals surface area contributed by atoms with E-state index in [0.717, 1.165) is 5.57 Å². The fraction of sp³-hybridized carbons (Fsp3) is 0.500. The van der Waals surface area contributed by atoms with Gasteiger partial charge in [-0.05, 0) is 68.0 Å². The van der Waals surface area contributed by atoms with Gasteiger partial charge in [-0.3, -0.25) is 0 Å². The summed E-state index contributed by atoms with van der Waals surface area (Å²) in [5.74, 6) is 0.868. The quantitative estimate of drug-likeness (QED) is 0.366. The number of rotatable bonds is 10. The molecule has 9 heteroatoms. The summed E-state index contributed by atoms with van der Waals surface area (Å²) in [5, 5.41) is 11.4. The monoisotopic (exact) mass is 514 g/mol. The average Bonchev–Trinajstić information content (AvgIpc) is 2.85. The molecule has 0 aromatic carbocycles. The summed E-state index contributed by atoms with van der Waals surface area (Å²) in [5.41, 5.74) is 3.60. The largest absolute Gasteiger partial charge is 0.498 e. The zero-order valence-corrected chi connectivity index (χ0v) is 21.6. The third-order valence-electron chi connectivity index (χ3n) is 5.62. The first kappa shape index (κ1) is 28.8. The number of hydrogen-bond acceptors (Lipinski definition) is 5. The molecule has 0 aliphatic heterocycles. The molecule has 0 spiro atoms. The summed E-state index contributed by atoms with van der Waals surface area (Å²) < 4.78 is 53.9. The highest BCUT2D eigenvalue weighted by atomic mass is 35.5. The Morgan fingerprint density at radius 2 is 1.86 bits per heavy atom. The van der Waals surface area contributed by atoms with Crippen molar-refractivity contribution in [1.82, 2.24) is 4.98 Å². The molecule has 3 N–H and O–H groups in total. The number of nitrogens with two attached hydrogens (primary N) is 1. The number of aliphatic hydroxyl groups is 1. The summed E-state index contributed by atoms with van der Waals surface area (Å²) in [7, 11) is 0. The molecule has 5 nitrogen and oxygen atoms in total. The Balaban J connectivity index is 2.43. The van der Waals surface area contributed by atoms with Gasteiger partial charge in [0.15, 0.2) is 5.60 Å². The molecule has 0 saturated carbocycles. The van der Waals surface area contributed by atoms with Crippen molar-refractivity contribution in [2.75, 3.05) is 13.2 Å². The molecule has 2 rings (SSSR count). The van der Waals surface area contributed by atoms with Crippen LogP contribution >= 0.6 is 11.6 Å². The fourth-order valence-corrected chi connectivity index (χ4v) is 4.50. The lowest BCUT2D eigenvalue weighted by Crippen LogP contribution is -2.49. The van der Waals surface area contributed by atoms with Crippen LogP contribution < -0.4 is 10.5 Å². The topological polar surface area (TPSA) is 77.6 Å². The third kappa shape index (κ3) is 7.77. The van der Waals surface area contributed by atoms with Gasteiger partial charge in [0.05, 0.1) is 13.2 Å². The standard InChI is InChI=1S/C26H34ClF3N2O3/c1-6-34-22-11-17(3)10-19(27)14-21(22)24(4,5)16-25(33,26(28,29)30)15-20(31)12-18-8-9-32-23(13-18)35-7-2/h8-10,12-14,33H,6-7,11,15-16,31H2,1-5H3/b20-12-. The average molecular weight is 515 g/mol. The van der Waals surface area contributed by atoms with Gasteiger partial charge >= 0.3 is 6.18 Å². The predicted molar refractivity (Wildman–Crippen MR) is 133 cm³/mol. The van der Waals surface area contributed by atoms with Gasteiger partial charge in [0, 0.05) is 35.8 Å². The van der Waals surface area contributed by atoms with Crippen LogP contribution in [-0.2, 0) is 4.74 Å². The molecule has 0 fully saturated rings. The number of alkyl halides is 3. The number of pyridine rings is 1. The number of nitrogens with zero attached hydrogens (tertiary/aromatic N) is 1. The van der Waals surface area contributed by atoms with Crippen LogP contribution in [0.25, 0.3) is 6.08 Å². The molecular weight excluding hydrogens is 481 g/mol. The van der Waals surface area contributed by atoms with Gasteiger partial charge in [-0.2, -0.15) is 13.2 Å². The number of ether oxygens (including phenoxy) is 2. The molecule has 0 saturated heterocycles. The van der Waals surface area contributed by atoms with Gasteiger partial charge in [-0.1, -0.05) is 31.0 Å². The van der Waals surface area contributed by atoms with E-state index in [2.05, 4.69) is 4.98 Å². The van der Waals surface area contributed by atoms with Crippen molar-refractivity contribution < 1.29 is 27.8 Å². The minimum Gasteiger partial charge on any atom is -0.498 e. The van der Waals surface area contributed by atoms with Crippen molar-refractivity contribution in [3.63, 3.8) is 0 Å². The van der Waals surface area contributed by atoms with E-state index in [1.807, 2.05) is 6.92 Å². The Bertz CT molecular complexity index is 1030. The van der Waals surface area contributed by atoms with Crippen molar-refractivity contribution in [3.8, 4) is 5.88 Å². The molecule has 1 aliphatic rings. The van der Waals surface area contributed by atoms with Gasteiger partial charge < -0.3 is 20.3 Å². The first-order valence-electron chi connectivity index (χ1n) is 11.5. The van der Waals surface area contributed by atoms with E-state index in [0.29, 0.717) is 47.4 Å². The molecule has 1 aromatic heterocycles.